The molecule has 106 valence electrons. The van der Waals surface area contributed by atoms with Crippen LogP contribution in [0.2, 0.25) is 5.02 Å². The summed E-state index contributed by atoms with van der Waals surface area (Å²) >= 11 is 6.03. The fourth-order valence-electron chi connectivity index (χ4n) is 2.55. The van der Waals surface area contributed by atoms with Gasteiger partial charge in [-0.25, -0.2) is 0 Å². The van der Waals surface area contributed by atoms with E-state index in [0.29, 0.717) is 17.1 Å². The van der Waals surface area contributed by atoms with Crippen molar-refractivity contribution in [2.45, 2.75) is 38.8 Å². The van der Waals surface area contributed by atoms with E-state index in [1.165, 1.54) is 25.9 Å². The zero-order chi connectivity index (χ0) is 13.8. The second-order valence-corrected chi connectivity index (χ2v) is 5.80. The number of methoxy groups -OCH3 is 1. The molecule has 1 aliphatic rings. The number of piperidine rings is 1. The van der Waals surface area contributed by atoms with Gasteiger partial charge in [0.15, 0.2) is 0 Å². The van der Waals surface area contributed by atoms with E-state index in [1.54, 1.807) is 7.11 Å². The molecule has 0 aromatic heterocycles. The Morgan fingerprint density at radius 1 is 1.32 bits per heavy atom. The van der Waals surface area contributed by atoms with Gasteiger partial charge in [-0.15, -0.1) is 0 Å². The molecule has 1 aromatic carbocycles. The summed E-state index contributed by atoms with van der Waals surface area (Å²) in [5.74, 6) is 0.728. The lowest BCUT2D eigenvalue weighted by molar-refractivity contribution is 0.177. The molecule has 0 spiro atoms. The van der Waals surface area contributed by atoms with Crippen molar-refractivity contribution in [3.63, 3.8) is 0 Å². The molecule has 0 aliphatic carbocycles. The zero-order valence-electron chi connectivity index (χ0n) is 11.9. The predicted molar refractivity (Wildman–Crippen MR) is 81.4 cm³/mol. The van der Waals surface area contributed by atoms with Crippen LogP contribution in [0.25, 0.3) is 0 Å². The van der Waals surface area contributed by atoms with Crippen molar-refractivity contribution < 1.29 is 4.74 Å². The van der Waals surface area contributed by atoms with Gasteiger partial charge in [-0.05, 0) is 38.8 Å². The maximum atomic E-state index is 6.03. The summed E-state index contributed by atoms with van der Waals surface area (Å²) in [5, 5.41) is 4.23. The van der Waals surface area contributed by atoms with E-state index in [9.17, 15) is 0 Å². The third kappa shape index (κ3) is 3.77. The van der Waals surface area contributed by atoms with Crippen LogP contribution in [0.5, 0.6) is 5.75 Å². The number of anilines is 1. The topological polar surface area (TPSA) is 24.5 Å². The molecule has 1 aliphatic heterocycles. The summed E-state index contributed by atoms with van der Waals surface area (Å²) in [6.07, 6.45) is 2.37. The third-order valence-electron chi connectivity index (χ3n) is 3.78. The molecule has 1 saturated heterocycles. The lowest BCUT2D eigenvalue weighted by atomic mass is 10.0. The van der Waals surface area contributed by atoms with E-state index in [-0.39, 0.29) is 0 Å². The number of hydrogen-bond donors (Lipinski definition) is 1. The number of rotatable bonds is 4. The van der Waals surface area contributed by atoms with Crippen LogP contribution in [-0.2, 0) is 0 Å². The number of nitrogens with one attached hydrogen (secondary N) is 1. The summed E-state index contributed by atoms with van der Waals surface area (Å²) in [6.45, 7) is 6.86. The average molecular weight is 283 g/mol. The van der Waals surface area contributed by atoms with Crippen molar-refractivity contribution in [3.8, 4) is 5.75 Å². The average Bonchev–Trinajstić information content (AvgIpc) is 2.41. The molecule has 19 heavy (non-hydrogen) atoms. The Balaban J connectivity index is 1.92. The van der Waals surface area contributed by atoms with Crippen molar-refractivity contribution in [3.05, 3.63) is 23.2 Å². The van der Waals surface area contributed by atoms with E-state index < -0.39 is 0 Å². The maximum Gasteiger partial charge on any atom is 0.139 e. The fourth-order valence-corrected chi connectivity index (χ4v) is 2.74. The Bertz CT molecular complexity index is 415. The summed E-state index contributed by atoms with van der Waals surface area (Å²) in [7, 11) is 1.64. The summed E-state index contributed by atoms with van der Waals surface area (Å²) in [6, 6.07) is 7.06. The van der Waals surface area contributed by atoms with Gasteiger partial charge in [-0.2, -0.15) is 0 Å². The highest BCUT2D eigenvalue weighted by Gasteiger charge is 2.20. The number of nitrogens with zero attached hydrogens (tertiary/aromatic N) is 1. The Morgan fingerprint density at radius 2 is 2.00 bits per heavy atom. The van der Waals surface area contributed by atoms with Gasteiger partial charge < -0.3 is 15.0 Å². The predicted octanol–water partition coefficient (Wildman–Crippen LogP) is 3.63. The fraction of sp³-hybridized carbons (Fsp3) is 0.600. The van der Waals surface area contributed by atoms with Crippen LogP contribution in [0.1, 0.15) is 26.7 Å². The van der Waals surface area contributed by atoms with Gasteiger partial charge in [0, 0.05) is 36.9 Å². The number of benzene rings is 1. The Kier molecular flexibility index (Phi) is 4.94. The molecule has 0 saturated carbocycles. The van der Waals surface area contributed by atoms with Gasteiger partial charge in [-0.3, -0.25) is 0 Å². The highest BCUT2D eigenvalue weighted by Crippen LogP contribution is 2.28. The standard InChI is InChI=1S/C15H23ClN2O/c1-11(2)18-8-6-12(7-9-18)17-13-4-5-14(16)15(10-13)19-3/h4-5,10-12,17H,6-9H2,1-3H3. The number of ether oxygens (including phenoxy) is 1. The number of halogens is 1. The molecule has 4 heteroatoms. The molecule has 0 amide bonds. The first-order valence-electron chi connectivity index (χ1n) is 6.94. The lowest BCUT2D eigenvalue weighted by Gasteiger charge is -2.35. The molecule has 0 atom stereocenters. The Morgan fingerprint density at radius 3 is 2.58 bits per heavy atom. The normalized spacial score (nSPS) is 17.7. The van der Waals surface area contributed by atoms with Gasteiger partial charge >= 0.3 is 0 Å². The second-order valence-electron chi connectivity index (χ2n) is 5.40. The minimum Gasteiger partial charge on any atom is -0.495 e. The van der Waals surface area contributed by atoms with E-state index in [1.807, 2.05) is 18.2 Å². The maximum absolute atomic E-state index is 6.03. The molecule has 0 unspecified atom stereocenters. The van der Waals surface area contributed by atoms with Crippen LogP contribution >= 0.6 is 11.6 Å². The molecule has 1 fully saturated rings. The minimum absolute atomic E-state index is 0.542. The largest absolute Gasteiger partial charge is 0.495 e. The van der Waals surface area contributed by atoms with Crippen molar-refractivity contribution in [1.82, 2.24) is 4.90 Å². The first-order chi connectivity index (χ1) is 9.10. The molecule has 1 heterocycles. The molecule has 3 nitrogen and oxygen atoms in total. The molecule has 1 N–H and O–H groups in total. The molecular formula is C15H23ClN2O. The minimum atomic E-state index is 0.542. The number of hydrogen-bond acceptors (Lipinski definition) is 3. The summed E-state index contributed by atoms with van der Waals surface area (Å²) in [5.41, 5.74) is 1.09. The van der Waals surface area contributed by atoms with Crippen LogP contribution in [0.4, 0.5) is 5.69 Å². The highest BCUT2D eigenvalue weighted by molar-refractivity contribution is 6.32. The van der Waals surface area contributed by atoms with E-state index >= 15 is 0 Å². The second kappa shape index (κ2) is 6.49. The van der Waals surface area contributed by atoms with Gasteiger partial charge in [-0.1, -0.05) is 11.6 Å². The van der Waals surface area contributed by atoms with Crippen LogP contribution in [-0.4, -0.2) is 37.2 Å². The van der Waals surface area contributed by atoms with Gasteiger partial charge in [0.1, 0.15) is 5.75 Å². The Labute approximate surface area is 120 Å². The molecule has 0 bridgehead atoms. The van der Waals surface area contributed by atoms with Gasteiger partial charge in [0.2, 0.25) is 0 Å². The van der Waals surface area contributed by atoms with Crippen LogP contribution in [0.3, 0.4) is 0 Å². The summed E-state index contributed by atoms with van der Waals surface area (Å²) < 4.78 is 5.24. The molecular weight excluding hydrogens is 260 g/mol. The SMILES string of the molecule is COc1cc(NC2CCN(C(C)C)CC2)ccc1Cl. The molecule has 2 rings (SSSR count). The highest BCUT2D eigenvalue weighted by atomic mass is 35.5. The first kappa shape index (κ1) is 14.5. The van der Waals surface area contributed by atoms with Crippen LogP contribution in [0.15, 0.2) is 18.2 Å². The third-order valence-corrected chi connectivity index (χ3v) is 4.09. The lowest BCUT2D eigenvalue weighted by Crippen LogP contribution is -2.42. The van der Waals surface area contributed by atoms with E-state index in [2.05, 4.69) is 24.1 Å². The van der Waals surface area contributed by atoms with E-state index in [4.69, 9.17) is 16.3 Å². The van der Waals surface area contributed by atoms with Crippen molar-refractivity contribution in [1.29, 1.82) is 0 Å². The number of likely N-dealkylation sites (tertiary alicyclic amines) is 1. The monoisotopic (exact) mass is 282 g/mol. The molecule has 1 aromatic rings. The van der Waals surface area contributed by atoms with Crippen molar-refractivity contribution in [2.24, 2.45) is 0 Å². The van der Waals surface area contributed by atoms with Crippen molar-refractivity contribution in [2.75, 3.05) is 25.5 Å². The Hall–Kier alpha value is -0.930. The molecule has 0 radical (unpaired) electrons. The summed E-state index contributed by atoms with van der Waals surface area (Å²) in [4.78, 5) is 2.53. The smallest absolute Gasteiger partial charge is 0.139 e. The zero-order valence-corrected chi connectivity index (χ0v) is 12.7. The van der Waals surface area contributed by atoms with Crippen LogP contribution < -0.4 is 10.1 Å². The van der Waals surface area contributed by atoms with Gasteiger partial charge in [0.25, 0.3) is 0 Å². The van der Waals surface area contributed by atoms with E-state index in [0.717, 1.165) is 11.4 Å². The van der Waals surface area contributed by atoms with Crippen molar-refractivity contribution >= 4 is 17.3 Å². The first-order valence-corrected chi connectivity index (χ1v) is 7.32. The van der Waals surface area contributed by atoms with Gasteiger partial charge in [0.05, 0.1) is 12.1 Å². The van der Waals surface area contributed by atoms with Crippen LogP contribution in [0, 0.1) is 0 Å². The quantitative estimate of drug-likeness (QED) is 0.913.